The zero-order valence-electron chi connectivity index (χ0n) is 13.1. The van der Waals surface area contributed by atoms with Gasteiger partial charge in [0, 0.05) is 5.56 Å². The maximum Gasteiger partial charge on any atom is 0.416 e. The normalized spacial score (nSPS) is 16.4. The lowest BCUT2D eigenvalue weighted by atomic mass is 10.1. The lowest BCUT2D eigenvalue weighted by molar-refractivity contribution is -0.914. The fourth-order valence-corrected chi connectivity index (χ4v) is 3.35. The number of anilines is 1. The van der Waals surface area contributed by atoms with Crippen molar-refractivity contribution in [1.82, 2.24) is 0 Å². The molecule has 6 heteroatoms. The summed E-state index contributed by atoms with van der Waals surface area (Å²) in [7, 11) is 0. The third kappa shape index (κ3) is 4.02. The van der Waals surface area contributed by atoms with Crippen molar-refractivity contribution in [1.29, 1.82) is 0 Å². The predicted molar refractivity (Wildman–Crippen MR) is 89.5 cm³/mol. The number of hydrogen-bond acceptors (Lipinski definition) is 1. The fourth-order valence-electron chi connectivity index (χ4n) is 3.10. The van der Waals surface area contributed by atoms with Gasteiger partial charge in [0.15, 0.2) is 0 Å². The molecule has 0 radical (unpaired) electrons. The predicted octanol–water partition coefficient (Wildman–Crippen LogP) is 3.26. The molecular weight excluding hydrogens is 337 g/mol. The van der Waals surface area contributed by atoms with Crippen molar-refractivity contribution in [2.45, 2.75) is 12.7 Å². The van der Waals surface area contributed by atoms with E-state index in [1.807, 2.05) is 24.3 Å². The van der Waals surface area contributed by atoms with E-state index in [1.165, 1.54) is 17.0 Å². The van der Waals surface area contributed by atoms with Crippen LogP contribution >= 0.6 is 11.6 Å². The average molecular weight is 356 g/mol. The summed E-state index contributed by atoms with van der Waals surface area (Å²) in [5.41, 5.74) is 1.18. The van der Waals surface area contributed by atoms with E-state index in [4.69, 9.17) is 11.6 Å². The molecule has 0 spiro atoms. The van der Waals surface area contributed by atoms with Gasteiger partial charge >= 0.3 is 6.18 Å². The Morgan fingerprint density at radius 3 is 2.38 bits per heavy atom. The Morgan fingerprint density at radius 1 is 1.00 bits per heavy atom. The Bertz CT molecular complexity index is 695. The first-order chi connectivity index (χ1) is 11.4. The molecule has 0 saturated carbocycles. The van der Waals surface area contributed by atoms with Crippen LogP contribution in [0.25, 0.3) is 0 Å². The number of nitrogens with one attached hydrogen (secondary N) is 1. The van der Waals surface area contributed by atoms with E-state index in [1.54, 1.807) is 6.07 Å². The summed E-state index contributed by atoms with van der Waals surface area (Å²) in [5, 5.41) is 0.735. The summed E-state index contributed by atoms with van der Waals surface area (Å²) < 4.78 is 38.4. The number of quaternary nitrogens is 1. The second-order valence-corrected chi connectivity index (χ2v) is 6.47. The molecule has 0 aromatic heterocycles. The van der Waals surface area contributed by atoms with Gasteiger partial charge < -0.3 is 9.80 Å². The van der Waals surface area contributed by atoms with Crippen LogP contribution in [0.3, 0.4) is 0 Å². The van der Waals surface area contributed by atoms with Crippen LogP contribution in [0.2, 0.25) is 5.02 Å². The molecule has 1 N–H and O–H groups in total. The van der Waals surface area contributed by atoms with Gasteiger partial charge in [0.2, 0.25) is 0 Å². The first kappa shape index (κ1) is 17.1. The number of halogens is 4. The highest BCUT2D eigenvalue weighted by molar-refractivity contribution is 6.33. The minimum absolute atomic E-state index is 0.575. The van der Waals surface area contributed by atoms with Crippen LogP contribution in [0.5, 0.6) is 0 Å². The Labute approximate surface area is 144 Å². The van der Waals surface area contributed by atoms with Crippen molar-refractivity contribution in [3.63, 3.8) is 0 Å². The standard InChI is InChI=1S/C18H18ClF3N2/c19-16-6-1-2-7-17(16)24-10-8-23(9-11-24)13-14-4-3-5-15(12-14)18(20,21)22/h1-7,12H,8-11,13H2/p+1. The number of nitrogens with zero attached hydrogens (tertiary/aromatic N) is 1. The van der Waals surface area contributed by atoms with Gasteiger partial charge in [-0.15, -0.1) is 0 Å². The number of benzene rings is 2. The van der Waals surface area contributed by atoms with Gasteiger partial charge in [0.1, 0.15) is 6.54 Å². The molecule has 2 aromatic rings. The Kier molecular flexibility index (Phi) is 5.01. The zero-order valence-corrected chi connectivity index (χ0v) is 13.9. The summed E-state index contributed by atoms with van der Waals surface area (Å²) in [6.45, 7) is 4.05. The molecule has 128 valence electrons. The molecule has 1 fully saturated rings. The molecular formula is C18H19ClF3N2+. The second kappa shape index (κ2) is 7.03. The molecule has 0 amide bonds. The van der Waals surface area contributed by atoms with Gasteiger partial charge in [-0.2, -0.15) is 13.2 Å². The van der Waals surface area contributed by atoms with Crippen LogP contribution in [-0.4, -0.2) is 26.2 Å². The number of hydrogen-bond donors (Lipinski definition) is 1. The van der Waals surface area contributed by atoms with Crippen molar-refractivity contribution >= 4 is 17.3 Å². The topological polar surface area (TPSA) is 7.68 Å². The highest BCUT2D eigenvalue weighted by atomic mass is 35.5. The minimum Gasteiger partial charge on any atom is -0.359 e. The smallest absolute Gasteiger partial charge is 0.359 e. The van der Waals surface area contributed by atoms with Gasteiger partial charge in [-0.05, 0) is 24.3 Å². The molecule has 3 rings (SSSR count). The van der Waals surface area contributed by atoms with Gasteiger partial charge in [-0.3, -0.25) is 0 Å². The molecule has 2 aromatic carbocycles. The monoisotopic (exact) mass is 355 g/mol. The number of para-hydroxylation sites is 1. The average Bonchev–Trinajstić information content (AvgIpc) is 2.56. The van der Waals surface area contributed by atoms with Crippen LogP contribution in [0.4, 0.5) is 18.9 Å². The zero-order chi connectivity index (χ0) is 17.2. The van der Waals surface area contributed by atoms with E-state index >= 15 is 0 Å². The van der Waals surface area contributed by atoms with Crippen molar-refractivity contribution in [3.05, 3.63) is 64.7 Å². The second-order valence-electron chi connectivity index (χ2n) is 6.06. The SMILES string of the molecule is FC(F)(F)c1cccc(C[NH+]2CCN(c3ccccc3Cl)CC2)c1. The van der Waals surface area contributed by atoms with Crippen molar-refractivity contribution in [2.24, 2.45) is 0 Å². The largest absolute Gasteiger partial charge is 0.416 e. The summed E-state index contributed by atoms with van der Waals surface area (Å²) in [6, 6.07) is 13.4. The van der Waals surface area contributed by atoms with Crippen LogP contribution in [0, 0.1) is 0 Å². The third-order valence-electron chi connectivity index (χ3n) is 4.37. The Morgan fingerprint density at radius 2 is 1.71 bits per heavy atom. The summed E-state index contributed by atoms with van der Waals surface area (Å²) in [6.07, 6.45) is -4.28. The highest BCUT2D eigenvalue weighted by Crippen LogP contribution is 2.29. The molecule has 0 unspecified atom stereocenters. The quantitative estimate of drug-likeness (QED) is 0.888. The van der Waals surface area contributed by atoms with Crippen LogP contribution < -0.4 is 9.80 Å². The molecule has 0 atom stereocenters. The third-order valence-corrected chi connectivity index (χ3v) is 4.69. The van der Waals surface area contributed by atoms with Gasteiger partial charge in [0.25, 0.3) is 0 Å². The summed E-state index contributed by atoms with van der Waals surface area (Å²) in [4.78, 5) is 3.52. The van der Waals surface area contributed by atoms with Crippen LogP contribution in [0.1, 0.15) is 11.1 Å². The number of alkyl halides is 3. The lowest BCUT2D eigenvalue weighted by Crippen LogP contribution is -3.13. The van der Waals surface area contributed by atoms with E-state index in [0.29, 0.717) is 6.54 Å². The summed E-state index contributed by atoms with van der Waals surface area (Å²) >= 11 is 6.23. The van der Waals surface area contributed by atoms with E-state index in [2.05, 4.69) is 4.90 Å². The lowest BCUT2D eigenvalue weighted by Gasteiger charge is -2.34. The van der Waals surface area contributed by atoms with Crippen molar-refractivity contribution in [2.75, 3.05) is 31.1 Å². The first-order valence-corrected chi connectivity index (χ1v) is 8.30. The fraction of sp³-hybridized carbons (Fsp3) is 0.333. The van der Waals surface area contributed by atoms with E-state index < -0.39 is 11.7 Å². The molecule has 0 aliphatic carbocycles. The Hall–Kier alpha value is -1.72. The molecule has 2 nitrogen and oxygen atoms in total. The van der Waals surface area contributed by atoms with E-state index in [0.717, 1.165) is 48.5 Å². The van der Waals surface area contributed by atoms with Crippen LogP contribution in [-0.2, 0) is 12.7 Å². The van der Waals surface area contributed by atoms with Crippen molar-refractivity contribution in [3.8, 4) is 0 Å². The molecule has 1 heterocycles. The summed E-state index contributed by atoms with van der Waals surface area (Å²) in [5.74, 6) is 0. The van der Waals surface area contributed by atoms with Gasteiger partial charge in [-0.25, -0.2) is 0 Å². The molecule has 1 aliphatic heterocycles. The molecule has 0 bridgehead atoms. The maximum absolute atomic E-state index is 12.8. The van der Waals surface area contributed by atoms with Gasteiger partial charge in [-0.1, -0.05) is 35.9 Å². The van der Waals surface area contributed by atoms with E-state index in [9.17, 15) is 13.2 Å². The Balaban J connectivity index is 1.61. The molecule has 24 heavy (non-hydrogen) atoms. The minimum atomic E-state index is -4.28. The maximum atomic E-state index is 12.8. The van der Waals surface area contributed by atoms with E-state index in [-0.39, 0.29) is 0 Å². The number of piperazine rings is 1. The van der Waals surface area contributed by atoms with Gasteiger partial charge in [0.05, 0.1) is 42.5 Å². The number of rotatable bonds is 3. The first-order valence-electron chi connectivity index (χ1n) is 7.92. The molecule has 1 saturated heterocycles. The van der Waals surface area contributed by atoms with Crippen molar-refractivity contribution < 1.29 is 18.1 Å². The highest BCUT2D eigenvalue weighted by Gasteiger charge is 2.31. The van der Waals surface area contributed by atoms with Crippen LogP contribution in [0.15, 0.2) is 48.5 Å². The molecule has 1 aliphatic rings.